The Bertz CT molecular complexity index is 1130. The number of nitrogens with one attached hydrogen (secondary N) is 1. The fourth-order valence-electron chi connectivity index (χ4n) is 2.48. The van der Waals surface area contributed by atoms with Gasteiger partial charge in [-0.1, -0.05) is 40.9 Å². The van der Waals surface area contributed by atoms with E-state index in [0.717, 1.165) is 0 Å². The summed E-state index contributed by atoms with van der Waals surface area (Å²) in [7, 11) is 0. The summed E-state index contributed by atoms with van der Waals surface area (Å²) in [5.41, 5.74) is 1.75. The first-order valence-corrected chi connectivity index (χ1v) is 9.26. The topological polar surface area (TPSA) is 66.0 Å². The number of anilines is 1. The summed E-state index contributed by atoms with van der Waals surface area (Å²) in [6.45, 7) is 1.78. The minimum Gasteiger partial charge on any atom is -0.457 e. The number of furan rings is 1. The maximum atomic E-state index is 12.5. The number of carbonyl (C=O) groups excluding carboxylic acids is 1. The van der Waals surface area contributed by atoms with Crippen molar-refractivity contribution in [2.75, 3.05) is 5.32 Å². The smallest absolute Gasteiger partial charge is 0.266 e. The maximum Gasteiger partial charge on any atom is 0.266 e. The van der Waals surface area contributed by atoms with Crippen LogP contribution in [0.5, 0.6) is 0 Å². The highest BCUT2D eigenvalue weighted by atomic mass is 35.5. The lowest BCUT2D eigenvalue weighted by atomic mass is 10.1. The maximum absolute atomic E-state index is 12.5. The summed E-state index contributed by atoms with van der Waals surface area (Å²) in [4.78, 5) is 12.5. The zero-order valence-electron chi connectivity index (χ0n) is 14.6. The molecule has 0 aliphatic carbocycles. The van der Waals surface area contributed by atoms with E-state index in [1.807, 2.05) is 6.07 Å². The molecule has 0 bridgehead atoms. The number of hydrogen-bond donors (Lipinski definition) is 1. The molecule has 1 N–H and O–H groups in total. The van der Waals surface area contributed by atoms with Crippen molar-refractivity contribution in [2.45, 2.75) is 6.92 Å². The van der Waals surface area contributed by atoms with Crippen molar-refractivity contribution in [3.05, 3.63) is 80.5 Å². The highest BCUT2D eigenvalue weighted by molar-refractivity contribution is 6.35. The van der Waals surface area contributed by atoms with E-state index >= 15 is 0 Å². The molecule has 0 spiro atoms. The molecule has 0 aliphatic rings. The van der Waals surface area contributed by atoms with Crippen molar-refractivity contribution in [1.29, 1.82) is 5.26 Å². The van der Waals surface area contributed by atoms with Crippen LogP contribution in [0.1, 0.15) is 11.3 Å². The zero-order chi connectivity index (χ0) is 20.3. The molecule has 0 saturated carbocycles. The van der Waals surface area contributed by atoms with Gasteiger partial charge in [0, 0.05) is 27.4 Å². The van der Waals surface area contributed by atoms with Crippen LogP contribution in [0, 0.1) is 18.3 Å². The van der Waals surface area contributed by atoms with Crippen LogP contribution in [0.25, 0.3) is 17.4 Å². The Morgan fingerprint density at radius 3 is 2.64 bits per heavy atom. The summed E-state index contributed by atoms with van der Waals surface area (Å²) in [6.07, 6.45) is 1.36. The molecule has 0 saturated heterocycles. The number of carbonyl (C=O) groups is 1. The normalized spacial score (nSPS) is 11.2. The standard InChI is InChI=1S/C21H13Cl3N2O2/c1-12-17(23)3-2-4-19(12)26-21(27)13(11-25)9-15-6-8-20(28-15)16-10-14(22)5-7-18(16)24/h2-10H,1H3,(H,26,27)/b13-9+. The molecule has 1 amide bonds. The van der Waals surface area contributed by atoms with Crippen LogP contribution in [-0.4, -0.2) is 5.91 Å². The van der Waals surface area contributed by atoms with E-state index in [1.165, 1.54) is 6.08 Å². The largest absolute Gasteiger partial charge is 0.457 e. The summed E-state index contributed by atoms with van der Waals surface area (Å²) >= 11 is 18.2. The molecule has 1 aromatic heterocycles. The number of nitrogens with zero attached hydrogens (tertiary/aromatic N) is 1. The van der Waals surface area contributed by atoms with Gasteiger partial charge in [-0.2, -0.15) is 5.26 Å². The molecule has 3 aromatic rings. The summed E-state index contributed by atoms with van der Waals surface area (Å²) in [5, 5.41) is 13.6. The molecule has 140 valence electrons. The van der Waals surface area contributed by atoms with Gasteiger partial charge in [0.15, 0.2) is 0 Å². The number of rotatable bonds is 4. The second-order valence-electron chi connectivity index (χ2n) is 5.86. The van der Waals surface area contributed by atoms with Crippen molar-refractivity contribution in [3.63, 3.8) is 0 Å². The predicted octanol–water partition coefficient (Wildman–Crippen LogP) is 6.76. The molecule has 1 heterocycles. The van der Waals surface area contributed by atoms with Crippen LogP contribution in [-0.2, 0) is 4.79 Å². The van der Waals surface area contributed by atoms with E-state index in [0.29, 0.717) is 43.4 Å². The minimum absolute atomic E-state index is 0.113. The molecule has 0 aliphatic heterocycles. The van der Waals surface area contributed by atoms with Gasteiger partial charge < -0.3 is 9.73 Å². The van der Waals surface area contributed by atoms with Gasteiger partial charge in [-0.25, -0.2) is 0 Å². The Kier molecular flexibility index (Phi) is 6.11. The highest BCUT2D eigenvalue weighted by Gasteiger charge is 2.14. The third-order valence-electron chi connectivity index (χ3n) is 3.99. The van der Waals surface area contributed by atoms with E-state index in [9.17, 15) is 10.1 Å². The van der Waals surface area contributed by atoms with Crippen molar-refractivity contribution in [2.24, 2.45) is 0 Å². The third kappa shape index (κ3) is 4.40. The molecule has 0 unspecified atom stereocenters. The van der Waals surface area contributed by atoms with Crippen LogP contribution in [0.3, 0.4) is 0 Å². The predicted molar refractivity (Wildman–Crippen MR) is 113 cm³/mol. The van der Waals surface area contributed by atoms with Crippen LogP contribution < -0.4 is 5.32 Å². The number of hydrogen-bond acceptors (Lipinski definition) is 3. The SMILES string of the molecule is Cc1c(Cl)cccc1NC(=O)/C(C#N)=C/c1ccc(-c2cc(Cl)ccc2Cl)o1. The van der Waals surface area contributed by atoms with E-state index in [4.69, 9.17) is 39.2 Å². The monoisotopic (exact) mass is 430 g/mol. The van der Waals surface area contributed by atoms with E-state index in [1.54, 1.807) is 55.5 Å². The molecule has 3 rings (SSSR count). The van der Waals surface area contributed by atoms with Gasteiger partial charge in [0.2, 0.25) is 0 Å². The second kappa shape index (κ2) is 8.53. The van der Waals surface area contributed by atoms with Crippen molar-refractivity contribution < 1.29 is 9.21 Å². The number of nitriles is 1. The Balaban J connectivity index is 1.86. The average molecular weight is 432 g/mol. The van der Waals surface area contributed by atoms with Crippen LogP contribution in [0.4, 0.5) is 5.69 Å². The van der Waals surface area contributed by atoms with E-state index in [2.05, 4.69) is 5.32 Å². The molecule has 2 aromatic carbocycles. The average Bonchev–Trinajstić information content (AvgIpc) is 3.13. The zero-order valence-corrected chi connectivity index (χ0v) is 16.9. The van der Waals surface area contributed by atoms with Crippen LogP contribution in [0.15, 0.2) is 58.5 Å². The fourth-order valence-corrected chi connectivity index (χ4v) is 3.04. The molecular formula is C21H13Cl3N2O2. The van der Waals surface area contributed by atoms with Gasteiger partial charge in [0.25, 0.3) is 5.91 Å². The summed E-state index contributed by atoms with van der Waals surface area (Å²) in [5.74, 6) is 0.245. The van der Waals surface area contributed by atoms with Crippen molar-refractivity contribution in [1.82, 2.24) is 0 Å². The lowest BCUT2D eigenvalue weighted by Gasteiger charge is -2.08. The Labute approximate surface area is 176 Å². The molecule has 0 fully saturated rings. The number of benzene rings is 2. The number of amides is 1. The van der Waals surface area contributed by atoms with Crippen LogP contribution in [0.2, 0.25) is 15.1 Å². The quantitative estimate of drug-likeness (QED) is 0.366. The summed E-state index contributed by atoms with van der Waals surface area (Å²) < 4.78 is 5.71. The van der Waals surface area contributed by atoms with Crippen molar-refractivity contribution >= 4 is 52.5 Å². The number of halogens is 3. The van der Waals surface area contributed by atoms with E-state index < -0.39 is 5.91 Å². The second-order valence-corrected chi connectivity index (χ2v) is 7.11. The lowest BCUT2D eigenvalue weighted by Crippen LogP contribution is -2.14. The van der Waals surface area contributed by atoms with Gasteiger partial charge in [0.1, 0.15) is 23.2 Å². The Morgan fingerprint density at radius 1 is 1.11 bits per heavy atom. The Morgan fingerprint density at radius 2 is 1.89 bits per heavy atom. The van der Waals surface area contributed by atoms with Gasteiger partial charge in [0.05, 0.1) is 5.02 Å². The first kappa shape index (κ1) is 20.0. The Hall–Kier alpha value is -2.71. The molecular weight excluding hydrogens is 419 g/mol. The summed E-state index contributed by atoms with van der Waals surface area (Å²) in [6, 6.07) is 15.4. The van der Waals surface area contributed by atoms with Crippen LogP contribution >= 0.6 is 34.8 Å². The first-order valence-electron chi connectivity index (χ1n) is 8.12. The molecule has 4 nitrogen and oxygen atoms in total. The van der Waals surface area contributed by atoms with Gasteiger partial charge >= 0.3 is 0 Å². The van der Waals surface area contributed by atoms with Gasteiger partial charge in [-0.3, -0.25) is 4.79 Å². The first-order chi connectivity index (χ1) is 13.4. The molecule has 0 radical (unpaired) electrons. The van der Waals surface area contributed by atoms with E-state index in [-0.39, 0.29) is 5.57 Å². The molecule has 7 heteroatoms. The third-order valence-corrected chi connectivity index (χ3v) is 4.96. The molecule has 28 heavy (non-hydrogen) atoms. The minimum atomic E-state index is -0.563. The highest BCUT2D eigenvalue weighted by Crippen LogP contribution is 2.32. The van der Waals surface area contributed by atoms with Gasteiger partial charge in [-0.05, 0) is 55.0 Å². The molecule has 0 atom stereocenters. The fraction of sp³-hybridized carbons (Fsp3) is 0.0476. The van der Waals surface area contributed by atoms with Gasteiger partial charge in [-0.15, -0.1) is 0 Å². The van der Waals surface area contributed by atoms with Crippen molar-refractivity contribution in [3.8, 4) is 17.4 Å². The lowest BCUT2D eigenvalue weighted by molar-refractivity contribution is -0.112.